The zero-order valence-corrected chi connectivity index (χ0v) is 19.6. The number of piperazine rings is 1. The zero-order chi connectivity index (χ0) is 21.6. The number of aromatic nitrogens is 1. The fraction of sp³-hybridized carbons (Fsp3) is 0.417. The maximum absolute atomic E-state index is 11.7. The number of halogens is 1. The van der Waals surface area contributed by atoms with Crippen LogP contribution in [0.1, 0.15) is 25.0 Å². The third-order valence-electron chi connectivity index (χ3n) is 7.11. The summed E-state index contributed by atoms with van der Waals surface area (Å²) in [6, 6.07) is 13.1. The number of hydrogen-bond donors (Lipinski definition) is 1. The Balaban J connectivity index is 1.31. The summed E-state index contributed by atoms with van der Waals surface area (Å²) in [6.07, 6.45) is 1.39. The molecule has 1 amide bonds. The largest absolute Gasteiger partial charge is 0.344 e. The van der Waals surface area contributed by atoms with Crippen molar-refractivity contribution < 1.29 is 9.28 Å². The molecule has 5 nitrogen and oxygen atoms in total. The molecule has 1 saturated heterocycles. The van der Waals surface area contributed by atoms with Crippen molar-refractivity contribution in [3.63, 3.8) is 0 Å². The van der Waals surface area contributed by atoms with Gasteiger partial charge >= 0.3 is 0 Å². The highest BCUT2D eigenvalue weighted by molar-refractivity contribution is 7.13. The van der Waals surface area contributed by atoms with Crippen molar-refractivity contribution >= 4 is 50.6 Å². The van der Waals surface area contributed by atoms with Crippen LogP contribution in [0.15, 0.2) is 36.4 Å². The van der Waals surface area contributed by atoms with Crippen molar-refractivity contribution in [2.45, 2.75) is 32.7 Å². The van der Waals surface area contributed by atoms with Crippen molar-refractivity contribution in [1.29, 1.82) is 0 Å². The lowest BCUT2D eigenvalue weighted by Crippen LogP contribution is -2.63. The van der Waals surface area contributed by atoms with Gasteiger partial charge in [-0.2, -0.15) is 4.37 Å². The SMILES string of the molecule is CC(C)[N+]1(CCc2cc3c(cc2Cl)NC(=O)C3)CCN(c2nsc3ccccc23)CC1. The van der Waals surface area contributed by atoms with Gasteiger partial charge in [0.25, 0.3) is 0 Å². The quantitative estimate of drug-likeness (QED) is 0.565. The van der Waals surface area contributed by atoms with Gasteiger partial charge < -0.3 is 14.7 Å². The Labute approximate surface area is 192 Å². The number of benzene rings is 2. The zero-order valence-electron chi connectivity index (χ0n) is 18.0. The second kappa shape index (κ2) is 8.08. The molecule has 0 atom stereocenters. The molecular formula is C24H28ClN4OS+. The van der Waals surface area contributed by atoms with Gasteiger partial charge in [0.05, 0.1) is 49.9 Å². The summed E-state index contributed by atoms with van der Waals surface area (Å²) in [5.74, 6) is 1.19. The smallest absolute Gasteiger partial charge is 0.228 e. The molecule has 1 N–H and O–H groups in total. The Morgan fingerprint density at radius 3 is 2.77 bits per heavy atom. The number of anilines is 2. The minimum absolute atomic E-state index is 0.0552. The third-order valence-corrected chi connectivity index (χ3v) is 8.28. The molecule has 2 aliphatic rings. The molecule has 3 heterocycles. The van der Waals surface area contributed by atoms with Crippen LogP contribution in [0.5, 0.6) is 0 Å². The summed E-state index contributed by atoms with van der Waals surface area (Å²) in [7, 11) is 0. The van der Waals surface area contributed by atoms with Crippen molar-refractivity contribution in [1.82, 2.24) is 4.37 Å². The predicted octanol–water partition coefficient (Wildman–Crippen LogP) is 4.73. The molecule has 0 radical (unpaired) electrons. The van der Waals surface area contributed by atoms with Crippen LogP contribution in [0.25, 0.3) is 10.1 Å². The highest BCUT2D eigenvalue weighted by Gasteiger charge is 2.36. The average Bonchev–Trinajstić information content (AvgIpc) is 3.34. The third kappa shape index (κ3) is 3.81. The topological polar surface area (TPSA) is 45.2 Å². The molecule has 0 bridgehead atoms. The number of rotatable bonds is 5. The Morgan fingerprint density at radius 1 is 1.23 bits per heavy atom. The molecule has 3 aromatic rings. The molecule has 0 unspecified atom stereocenters. The second-order valence-electron chi connectivity index (χ2n) is 9.05. The lowest BCUT2D eigenvalue weighted by molar-refractivity contribution is -0.948. The molecule has 7 heteroatoms. The van der Waals surface area contributed by atoms with Crippen LogP contribution in [-0.4, -0.2) is 53.5 Å². The van der Waals surface area contributed by atoms with Crippen LogP contribution >= 0.6 is 23.1 Å². The van der Waals surface area contributed by atoms with E-state index < -0.39 is 0 Å². The van der Waals surface area contributed by atoms with E-state index in [0.29, 0.717) is 12.5 Å². The Morgan fingerprint density at radius 2 is 2.00 bits per heavy atom. The Hall–Kier alpha value is -2.15. The molecular weight excluding hydrogens is 428 g/mol. The van der Waals surface area contributed by atoms with E-state index in [4.69, 9.17) is 16.0 Å². The van der Waals surface area contributed by atoms with Gasteiger partial charge in [0.15, 0.2) is 5.82 Å². The fourth-order valence-electron chi connectivity index (χ4n) is 5.01. The van der Waals surface area contributed by atoms with E-state index in [-0.39, 0.29) is 5.91 Å². The maximum Gasteiger partial charge on any atom is 0.228 e. The summed E-state index contributed by atoms with van der Waals surface area (Å²) in [4.78, 5) is 14.2. The number of nitrogens with one attached hydrogen (secondary N) is 1. The minimum Gasteiger partial charge on any atom is -0.344 e. The van der Waals surface area contributed by atoms with Gasteiger partial charge in [-0.25, -0.2) is 0 Å². The van der Waals surface area contributed by atoms with Crippen LogP contribution in [0.2, 0.25) is 5.02 Å². The number of hydrogen-bond acceptors (Lipinski definition) is 4. The number of amides is 1. The first-order valence-electron chi connectivity index (χ1n) is 11.0. The molecule has 1 fully saturated rings. The predicted molar refractivity (Wildman–Crippen MR) is 129 cm³/mol. The second-order valence-corrected chi connectivity index (χ2v) is 10.3. The summed E-state index contributed by atoms with van der Waals surface area (Å²) in [6.45, 7) is 9.97. The van der Waals surface area contributed by atoms with Gasteiger partial charge in [0.2, 0.25) is 5.91 Å². The number of carbonyl (C=O) groups is 1. The first-order chi connectivity index (χ1) is 14.9. The first-order valence-corrected chi connectivity index (χ1v) is 12.2. The minimum atomic E-state index is 0.0552. The highest BCUT2D eigenvalue weighted by Crippen LogP contribution is 2.33. The molecule has 2 aliphatic heterocycles. The molecule has 0 saturated carbocycles. The van der Waals surface area contributed by atoms with Crippen LogP contribution in [0, 0.1) is 0 Å². The van der Waals surface area contributed by atoms with Gasteiger partial charge in [0.1, 0.15) is 0 Å². The lowest BCUT2D eigenvalue weighted by atomic mass is 10.0. The van der Waals surface area contributed by atoms with Crippen LogP contribution in [0.3, 0.4) is 0 Å². The van der Waals surface area contributed by atoms with E-state index in [1.165, 1.54) is 10.1 Å². The van der Waals surface area contributed by atoms with Gasteiger partial charge in [-0.1, -0.05) is 29.8 Å². The molecule has 1 aromatic heterocycles. The van der Waals surface area contributed by atoms with Gasteiger partial charge in [-0.3, -0.25) is 4.79 Å². The Kier molecular flexibility index (Phi) is 5.40. The molecule has 2 aromatic carbocycles. The van der Waals surface area contributed by atoms with E-state index in [1.54, 1.807) is 11.5 Å². The summed E-state index contributed by atoms with van der Waals surface area (Å²) >= 11 is 8.16. The molecule has 162 valence electrons. The first kappa shape index (κ1) is 20.7. The standard InChI is InChI=1S/C24H27ClN4OS/c1-16(2)29(10-7-17-13-18-14-23(30)26-21(18)15-20(17)25)11-8-28(9-12-29)24-19-5-3-4-6-22(19)31-27-24/h3-6,13,15-16H,7-12,14H2,1-2H3/p+1. The van der Waals surface area contributed by atoms with Gasteiger partial charge in [-0.15, -0.1) is 0 Å². The van der Waals surface area contributed by atoms with Gasteiger partial charge in [-0.05, 0) is 54.7 Å². The molecule has 5 rings (SSSR count). The summed E-state index contributed by atoms with van der Waals surface area (Å²) in [5, 5.41) is 4.92. The average molecular weight is 456 g/mol. The number of carbonyl (C=O) groups excluding carboxylic acids is 1. The molecule has 31 heavy (non-hydrogen) atoms. The molecule has 0 spiro atoms. The maximum atomic E-state index is 11.7. The molecule has 0 aliphatic carbocycles. The van der Waals surface area contributed by atoms with Crippen molar-refractivity contribution in [2.24, 2.45) is 0 Å². The van der Waals surface area contributed by atoms with Crippen molar-refractivity contribution in [3.8, 4) is 0 Å². The lowest BCUT2D eigenvalue weighted by Gasteiger charge is -2.48. The fourth-order valence-corrected chi connectivity index (χ4v) is 6.06. The van der Waals surface area contributed by atoms with E-state index in [1.807, 2.05) is 6.07 Å². The van der Waals surface area contributed by atoms with Crippen molar-refractivity contribution in [3.05, 3.63) is 52.5 Å². The van der Waals surface area contributed by atoms with Crippen LogP contribution in [0.4, 0.5) is 11.5 Å². The monoisotopic (exact) mass is 455 g/mol. The van der Waals surface area contributed by atoms with Crippen LogP contribution in [-0.2, 0) is 17.6 Å². The summed E-state index contributed by atoms with van der Waals surface area (Å²) < 4.78 is 7.11. The van der Waals surface area contributed by atoms with E-state index >= 15 is 0 Å². The van der Waals surface area contributed by atoms with E-state index in [9.17, 15) is 4.79 Å². The van der Waals surface area contributed by atoms with E-state index in [0.717, 1.165) is 71.3 Å². The number of fused-ring (bicyclic) bond motifs is 2. The number of nitrogens with zero attached hydrogens (tertiary/aromatic N) is 3. The Bertz CT molecular complexity index is 1130. The van der Waals surface area contributed by atoms with Gasteiger partial charge in [0, 0.05) is 22.5 Å². The summed E-state index contributed by atoms with van der Waals surface area (Å²) in [5.41, 5.74) is 3.10. The normalized spacial score (nSPS) is 17.9. The highest BCUT2D eigenvalue weighted by atomic mass is 35.5. The van der Waals surface area contributed by atoms with Crippen molar-refractivity contribution in [2.75, 3.05) is 42.9 Å². The van der Waals surface area contributed by atoms with E-state index in [2.05, 4.69) is 54.4 Å². The number of quaternary nitrogens is 1. The van der Waals surface area contributed by atoms with Crippen LogP contribution < -0.4 is 10.2 Å².